The van der Waals surface area contributed by atoms with Gasteiger partial charge < -0.3 is 24.2 Å². The lowest BCUT2D eigenvalue weighted by molar-refractivity contribution is -0.410. The minimum absolute atomic E-state index is 0.152. The Bertz CT molecular complexity index is 400. The number of aliphatic hydroxyl groups excluding tert-OH is 1. The van der Waals surface area contributed by atoms with Gasteiger partial charge in [0.1, 0.15) is 5.60 Å². The smallest absolute Gasteiger partial charge is 0.166 e. The monoisotopic (exact) mass is 297 g/mol. The number of hydrogen-bond acceptors (Lipinski definition) is 5. The van der Waals surface area contributed by atoms with E-state index in [0.717, 1.165) is 26.1 Å². The molecule has 21 heavy (non-hydrogen) atoms. The molecule has 5 aliphatic rings. The Labute approximate surface area is 126 Å². The van der Waals surface area contributed by atoms with Crippen molar-refractivity contribution in [2.75, 3.05) is 26.7 Å². The van der Waals surface area contributed by atoms with Gasteiger partial charge in [0.15, 0.2) is 12.6 Å². The molecule has 0 spiro atoms. The summed E-state index contributed by atoms with van der Waals surface area (Å²) in [7, 11) is 1.70. The lowest BCUT2D eigenvalue weighted by atomic mass is 9.73. The fourth-order valence-corrected chi connectivity index (χ4v) is 5.13. The quantitative estimate of drug-likeness (QED) is 0.848. The SMILES string of the molecule is CO[C@H]1O[C@H]2O[C@]3(CN4CCCCC4)[C@H]1[C@H](C[C@H]3O)C2C. The van der Waals surface area contributed by atoms with E-state index >= 15 is 0 Å². The molecule has 0 aromatic carbocycles. The first-order chi connectivity index (χ1) is 10.2. The van der Waals surface area contributed by atoms with Crippen LogP contribution in [0.2, 0.25) is 0 Å². The van der Waals surface area contributed by atoms with Gasteiger partial charge in [-0.25, -0.2) is 0 Å². The first-order valence-electron chi connectivity index (χ1n) is 8.42. The summed E-state index contributed by atoms with van der Waals surface area (Å²) in [5, 5.41) is 10.8. The molecule has 0 radical (unpaired) electrons. The van der Waals surface area contributed by atoms with Gasteiger partial charge in [-0.05, 0) is 38.3 Å². The molecule has 4 bridgehead atoms. The molecule has 7 atom stereocenters. The van der Waals surface area contributed by atoms with Gasteiger partial charge in [0.25, 0.3) is 0 Å². The van der Waals surface area contributed by atoms with E-state index in [4.69, 9.17) is 14.2 Å². The van der Waals surface area contributed by atoms with E-state index in [-0.39, 0.29) is 18.5 Å². The zero-order chi connectivity index (χ0) is 14.6. The number of fused-ring (bicyclic) bond motifs is 1. The molecule has 5 rings (SSSR count). The molecule has 0 amide bonds. The zero-order valence-electron chi connectivity index (χ0n) is 13.0. The Morgan fingerprint density at radius 3 is 2.76 bits per heavy atom. The van der Waals surface area contributed by atoms with E-state index in [1.165, 1.54) is 19.3 Å². The van der Waals surface area contributed by atoms with Crippen molar-refractivity contribution in [1.29, 1.82) is 0 Å². The highest BCUT2D eigenvalue weighted by Gasteiger charge is 2.69. The average molecular weight is 297 g/mol. The third kappa shape index (κ3) is 2.01. The predicted molar refractivity (Wildman–Crippen MR) is 76.5 cm³/mol. The molecular weight excluding hydrogens is 270 g/mol. The summed E-state index contributed by atoms with van der Waals surface area (Å²) in [4.78, 5) is 2.47. The van der Waals surface area contributed by atoms with Crippen LogP contribution in [0.25, 0.3) is 0 Å². The van der Waals surface area contributed by atoms with Crippen LogP contribution in [0.15, 0.2) is 0 Å². The van der Waals surface area contributed by atoms with Gasteiger partial charge in [-0.1, -0.05) is 13.3 Å². The van der Waals surface area contributed by atoms with Gasteiger partial charge in [-0.15, -0.1) is 0 Å². The summed E-state index contributed by atoms with van der Waals surface area (Å²) in [6.07, 6.45) is 3.79. The Balaban J connectivity index is 1.62. The molecule has 1 N–H and O–H groups in total. The molecule has 5 heteroatoms. The molecule has 4 saturated heterocycles. The van der Waals surface area contributed by atoms with Gasteiger partial charge in [0.2, 0.25) is 0 Å². The number of rotatable bonds is 3. The van der Waals surface area contributed by atoms with Crippen molar-refractivity contribution >= 4 is 0 Å². The summed E-state index contributed by atoms with van der Waals surface area (Å²) in [5.41, 5.74) is -0.488. The average Bonchev–Trinajstić information content (AvgIpc) is 2.75. The minimum Gasteiger partial charge on any atom is -0.390 e. The van der Waals surface area contributed by atoms with E-state index in [1.807, 2.05) is 0 Å². The number of methoxy groups -OCH3 is 1. The summed E-state index contributed by atoms with van der Waals surface area (Å²) >= 11 is 0. The van der Waals surface area contributed by atoms with Gasteiger partial charge in [-0.2, -0.15) is 0 Å². The van der Waals surface area contributed by atoms with E-state index < -0.39 is 11.7 Å². The highest BCUT2D eigenvalue weighted by molar-refractivity contribution is 5.13. The van der Waals surface area contributed by atoms with Crippen molar-refractivity contribution in [3.8, 4) is 0 Å². The van der Waals surface area contributed by atoms with Crippen molar-refractivity contribution in [2.45, 2.75) is 56.9 Å². The van der Waals surface area contributed by atoms with E-state index in [2.05, 4.69) is 11.8 Å². The van der Waals surface area contributed by atoms with Crippen LogP contribution in [-0.2, 0) is 14.2 Å². The number of aliphatic hydroxyl groups is 1. The number of likely N-dealkylation sites (tertiary alicyclic amines) is 1. The Kier molecular flexibility index (Phi) is 3.54. The van der Waals surface area contributed by atoms with Crippen LogP contribution in [0.3, 0.4) is 0 Å². The molecule has 0 aromatic heterocycles. The van der Waals surface area contributed by atoms with Crippen LogP contribution in [0, 0.1) is 17.8 Å². The summed E-state index contributed by atoms with van der Waals surface area (Å²) < 4.78 is 17.8. The van der Waals surface area contributed by atoms with E-state index in [9.17, 15) is 5.11 Å². The number of piperidine rings is 1. The first-order valence-corrected chi connectivity index (χ1v) is 8.42. The minimum atomic E-state index is -0.488. The largest absolute Gasteiger partial charge is 0.390 e. The summed E-state index contributed by atoms with van der Waals surface area (Å²) in [6, 6.07) is 0. The van der Waals surface area contributed by atoms with Crippen LogP contribution in [0.1, 0.15) is 32.6 Å². The van der Waals surface area contributed by atoms with Crippen LogP contribution >= 0.6 is 0 Å². The maximum atomic E-state index is 10.8. The zero-order valence-corrected chi connectivity index (χ0v) is 13.0. The highest BCUT2D eigenvalue weighted by atomic mass is 16.8. The molecule has 1 unspecified atom stereocenters. The van der Waals surface area contributed by atoms with Crippen molar-refractivity contribution in [2.24, 2.45) is 17.8 Å². The normalized spacial score (nSPS) is 53.3. The Morgan fingerprint density at radius 2 is 2.05 bits per heavy atom. The highest BCUT2D eigenvalue weighted by Crippen LogP contribution is 2.58. The topological polar surface area (TPSA) is 51.2 Å². The molecule has 1 aliphatic carbocycles. The second-order valence-electron chi connectivity index (χ2n) is 7.32. The summed E-state index contributed by atoms with van der Waals surface area (Å²) in [6.45, 7) is 5.24. The van der Waals surface area contributed by atoms with Crippen molar-refractivity contribution in [1.82, 2.24) is 4.90 Å². The maximum absolute atomic E-state index is 10.8. The molecule has 120 valence electrons. The second kappa shape index (κ2) is 5.17. The molecule has 4 heterocycles. The van der Waals surface area contributed by atoms with E-state index in [0.29, 0.717) is 11.8 Å². The fourth-order valence-electron chi connectivity index (χ4n) is 5.13. The maximum Gasteiger partial charge on any atom is 0.166 e. The van der Waals surface area contributed by atoms with Gasteiger partial charge in [-0.3, -0.25) is 0 Å². The molecule has 1 saturated carbocycles. The third-order valence-electron chi connectivity index (χ3n) is 6.24. The standard InChI is InChI=1S/C16H27NO4/c1-10-11-8-12(18)16(9-17-6-4-3-5-7-17)13(11)15(19-2)20-14(10)21-16/h10-15,18H,3-9H2,1-2H3/t10?,11-,12-,13+,14+,15+,16+/m1/s1. The van der Waals surface area contributed by atoms with Gasteiger partial charge in [0, 0.05) is 25.5 Å². The number of hydrogen-bond donors (Lipinski definition) is 1. The van der Waals surface area contributed by atoms with Gasteiger partial charge in [0.05, 0.1) is 6.10 Å². The lowest BCUT2D eigenvalue weighted by Crippen LogP contribution is -2.68. The molecule has 4 aliphatic heterocycles. The van der Waals surface area contributed by atoms with E-state index in [1.54, 1.807) is 7.11 Å². The molecule has 5 nitrogen and oxygen atoms in total. The van der Waals surface area contributed by atoms with Crippen LogP contribution in [-0.4, -0.2) is 61.0 Å². The number of nitrogens with zero attached hydrogens (tertiary/aromatic N) is 1. The van der Waals surface area contributed by atoms with Crippen LogP contribution in [0.5, 0.6) is 0 Å². The van der Waals surface area contributed by atoms with Gasteiger partial charge >= 0.3 is 0 Å². The molecule has 5 fully saturated rings. The molecular formula is C16H27NO4. The van der Waals surface area contributed by atoms with Crippen molar-refractivity contribution < 1.29 is 19.3 Å². The Hall–Kier alpha value is -0.200. The predicted octanol–water partition coefficient (Wildman–Crippen LogP) is 1.20. The van der Waals surface area contributed by atoms with Crippen LogP contribution in [0.4, 0.5) is 0 Å². The van der Waals surface area contributed by atoms with Crippen LogP contribution < -0.4 is 0 Å². The molecule has 0 aromatic rings. The fraction of sp³-hybridized carbons (Fsp3) is 1.00. The number of ether oxygens (including phenoxy) is 3. The summed E-state index contributed by atoms with van der Waals surface area (Å²) in [5.74, 6) is 0.940. The lowest BCUT2D eigenvalue weighted by Gasteiger charge is -2.56. The van der Waals surface area contributed by atoms with Crippen molar-refractivity contribution in [3.05, 3.63) is 0 Å². The second-order valence-corrected chi connectivity index (χ2v) is 7.32. The van der Waals surface area contributed by atoms with Crippen molar-refractivity contribution in [3.63, 3.8) is 0 Å². The first kappa shape index (κ1) is 14.4. The Morgan fingerprint density at radius 1 is 1.29 bits per heavy atom. The third-order valence-corrected chi connectivity index (χ3v) is 6.24.